The molecule has 1 aliphatic rings. The van der Waals surface area contributed by atoms with Crippen molar-refractivity contribution in [3.05, 3.63) is 0 Å². The lowest BCUT2D eigenvalue weighted by molar-refractivity contribution is -0.124. The molecule has 102 valence electrons. The van der Waals surface area contributed by atoms with Gasteiger partial charge in [-0.25, -0.2) is 0 Å². The first-order valence-corrected chi connectivity index (χ1v) is 6.50. The van der Waals surface area contributed by atoms with Crippen molar-refractivity contribution >= 4 is 5.91 Å². The van der Waals surface area contributed by atoms with Crippen LogP contribution in [0.2, 0.25) is 0 Å². The second kappa shape index (κ2) is 6.17. The van der Waals surface area contributed by atoms with Crippen LogP contribution >= 0.6 is 0 Å². The van der Waals surface area contributed by atoms with Crippen LogP contribution in [-0.4, -0.2) is 47.2 Å². The van der Waals surface area contributed by atoms with Gasteiger partial charge in [0.05, 0.1) is 19.2 Å². The Morgan fingerprint density at radius 3 is 2.83 bits per heavy atom. The molecule has 0 radical (unpaired) electrons. The molecule has 1 saturated heterocycles. The van der Waals surface area contributed by atoms with Gasteiger partial charge >= 0.3 is 0 Å². The molecule has 1 aliphatic heterocycles. The van der Waals surface area contributed by atoms with Gasteiger partial charge in [-0.1, -0.05) is 13.8 Å². The minimum atomic E-state index is -0.828. The van der Waals surface area contributed by atoms with Gasteiger partial charge in [-0.05, 0) is 32.2 Å². The molecule has 0 aromatic rings. The Morgan fingerprint density at radius 1 is 1.67 bits per heavy atom. The second-order valence-electron chi connectivity index (χ2n) is 5.47. The molecule has 0 aliphatic carbocycles. The highest BCUT2D eigenvalue weighted by Crippen LogP contribution is 2.18. The molecule has 0 spiro atoms. The van der Waals surface area contributed by atoms with E-state index in [9.17, 15) is 9.90 Å². The number of aliphatic hydroxyl groups excluding tert-OH is 1. The molecule has 5 heteroatoms. The summed E-state index contributed by atoms with van der Waals surface area (Å²) in [5.74, 6) is -0.0910. The number of carbonyl (C=O) groups excluding carboxylic acids is 1. The molecule has 18 heavy (non-hydrogen) atoms. The number of nitriles is 1. The number of nitrogens with one attached hydrogen (secondary N) is 1. The zero-order valence-corrected chi connectivity index (χ0v) is 11.4. The molecular formula is C13H23N3O2. The molecule has 2 N–H and O–H groups in total. The van der Waals surface area contributed by atoms with Crippen molar-refractivity contribution in [1.29, 1.82) is 5.26 Å². The van der Waals surface area contributed by atoms with E-state index >= 15 is 0 Å². The third-order valence-corrected chi connectivity index (χ3v) is 3.84. The van der Waals surface area contributed by atoms with E-state index in [0.29, 0.717) is 0 Å². The largest absolute Gasteiger partial charge is 0.395 e. The summed E-state index contributed by atoms with van der Waals surface area (Å²) in [7, 11) is 0. The highest BCUT2D eigenvalue weighted by Gasteiger charge is 2.32. The lowest BCUT2D eigenvalue weighted by Gasteiger charge is -2.29. The fourth-order valence-electron chi connectivity index (χ4n) is 2.13. The first kappa shape index (κ1) is 14.9. The number of nitrogens with zero attached hydrogens (tertiary/aromatic N) is 2. The number of hydrogen-bond donors (Lipinski definition) is 2. The number of carbonyl (C=O) groups is 1. The summed E-state index contributed by atoms with van der Waals surface area (Å²) in [6.45, 7) is 6.75. The zero-order chi connectivity index (χ0) is 13.8. The van der Waals surface area contributed by atoms with Crippen molar-refractivity contribution in [3.63, 3.8) is 0 Å². The Hall–Kier alpha value is -1.12. The number of rotatable bonds is 5. The number of likely N-dealkylation sites (tertiary alicyclic amines) is 1. The van der Waals surface area contributed by atoms with Gasteiger partial charge < -0.3 is 10.4 Å². The molecule has 0 aromatic carbocycles. The van der Waals surface area contributed by atoms with Crippen molar-refractivity contribution in [2.75, 3.05) is 19.7 Å². The maximum Gasteiger partial charge on any atom is 0.235 e. The molecule has 1 fully saturated rings. The second-order valence-corrected chi connectivity index (χ2v) is 5.47. The van der Waals surface area contributed by atoms with Crippen molar-refractivity contribution in [2.45, 2.75) is 45.2 Å². The summed E-state index contributed by atoms with van der Waals surface area (Å²) in [6, 6.07) is 2.25. The van der Waals surface area contributed by atoms with Crippen LogP contribution in [0.5, 0.6) is 0 Å². The summed E-state index contributed by atoms with van der Waals surface area (Å²) in [4.78, 5) is 13.9. The topological polar surface area (TPSA) is 76.4 Å². The third kappa shape index (κ3) is 3.44. The van der Waals surface area contributed by atoms with E-state index < -0.39 is 5.54 Å². The molecule has 2 atom stereocenters. The molecule has 5 nitrogen and oxygen atoms in total. The molecule has 0 saturated carbocycles. The molecule has 2 unspecified atom stereocenters. The Bertz CT molecular complexity index is 338. The van der Waals surface area contributed by atoms with Crippen molar-refractivity contribution in [3.8, 4) is 6.07 Å². The molecule has 0 aromatic heterocycles. The van der Waals surface area contributed by atoms with Gasteiger partial charge in [0.2, 0.25) is 5.91 Å². The quantitative estimate of drug-likeness (QED) is 0.748. The van der Waals surface area contributed by atoms with Crippen LogP contribution in [0.3, 0.4) is 0 Å². The lowest BCUT2D eigenvalue weighted by atomic mass is 9.90. The predicted molar refractivity (Wildman–Crippen MR) is 68.7 cm³/mol. The van der Waals surface area contributed by atoms with Crippen LogP contribution < -0.4 is 5.32 Å². The first-order chi connectivity index (χ1) is 8.42. The molecular weight excluding hydrogens is 230 g/mol. The van der Waals surface area contributed by atoms with Gasteiger partial charge in [0.15, 0.2) is 0 Å². The minimum Gasteiger partial charge on any atom is -0.395 e. The van der Waals surface area contributed by atoms with Crippen LogP contribution in [-0.2, 0) is 4.79 Å². The number of aliphatic hydroxyl groups is 1. The fourth-order valence-corrected chi connectivity index (χ4v) is 2.13. The standard InChI is InChI=1S/C13H23N3O2/c1-10(2)13(3,9-14)15-12(18)7-16-6-4-5-11(16)8-17/h10-11,17H,4-8H2,1-3H3,(H,15,18). The smallest absolute Gasteiger partial charge is 0.235 e. The van der Waals surface area contributed by atoms with Crippen molar-refractivity contribution in [1.82, 2.24) is 10.2 Å². The van der Waals surface area contributed by atoms with Crippen molar-refractivity contribution in [2.24, 2.45) is 5.92 Å². The van der Waals surface area contributed by atoms with E-state index in [1.165, 1.54) is 0 Å². The van der Waals surface area contributed by atoms with E-state index in [1.54, 1.807) is 6.92 Å². The average molecular weight is 253 g/mol. The van der Waals surface area contributed by atoms with Crippen LogP contribution in [0.1, 0.15) is 33.6 Å². The summed E-state index contributed by atoms with van der Waals surface area (Å²) in [6.07, 6.45) is 1.95. The summed E-state index contributed by atoms with van der Waals surface area (Å²) in [5.41, 5.74) is -0.828. The Morgan fingerprint density at radius 2 is 2.33 bits per heavy atom. The van der Waals surface area contributed by atoms with Gasteiger partial charge in [0, 0.05) is 6.04 Å². The maximum atomic E-state index is 12.0. The van der Waals surface area contributed by atoms with E-state index in [-0.39, 0.29) is 31.0 Å². The van der Waals surface area contributed by atoms with Gasteiger partial charge in [0.1, 0.15) is 5.54 Å². The molecule has 1 amide bonds. The highest BCUT2D eigenvalue weighted by atomic mass is 16.3. The first-order valence-electron chi connectivity index (χ1n) is 6.50. The Kier molecular flexibility index (Phi) is 5.12. The Labute approximate surface area is 109 Å². The predicted octanol–water partition coefficient (Wildman–Crippen LogP) is 0.498. The number of amides is 1. The monoisotopic (exact) mass is 253 g/mol. The summed E-state index contributed by atoms with van der Waals surface area (Å²) in [5, 5.41) is 21.1. The van der Waals surface area contributed by atoms with Gasteiger partial charge in [-0.2, -0.15) is 5.26 Å². The minimum absolute atomic E-state index is 0.0543. The third-order valence-electron chi connectivity index (χ3n) is 3.84. The molecule has 0 bridgehead atoms. The Balaban J connectivity index is 2.54. The highest BCUT2D eigenvalue weighted by molar-refractivity contribution is 5.79. The summed E-state index contributed by atoms with van der Waals surface area (Å²) >= 11 is 0. The van der Waals surface area contributed by atoms with Gasteiger partial charge in [0.25, 0.3) is 0 Å². The van der Waals surface area contributed by atoms with Crippen molar-refractivity contribution < 1.29 is 9.90 Å². The zero-order valence-electron chi connectivity index (χ0n) is 11.4. The number of hydrogen-bond acceptors (Lipinski definition) is 4. The lowest BCUT2D eigenvalue weighted by Crippen LogP contribution is -2.52. The molecule has 1 rings (SSSR count). The fraction of sp³-hybridized carbons (Fsp3) is 0.846. The van der Waals surface area contributed by atoms with Crippen LogP contribution in [0.15, 0.2) is 0 Å². The normalized spacial score (nSPS) is 23.7. The van der Waals surface area contributed by atoms with E-state index in [1.807, 2.05) is 18.7 Å². The van der Waals surface area contributed by atoms with Gasteiger partial charge in [-0.3, -0.25) is 9.69 Å². The van der Waals surface area contributed by atoms with Crippen LogP contribution in [0.25, 0.3) is 0 Å². The average Bonchev–Trinajstić information content (AvgIpc) is 2.75. The molecule has 1 heterocycles. The van der Waals surface area contributed by atoms with E-state index in [0.717, 1.165) is 19.4 Å². The van der Waals surface area contributed by atoms with Crippen LogP contribution in [0, 0.1) is 17.2 Å². The SMILES string of the molecule is CC(C)C(C)(C#N)NC(=O)CN1CCCC1CO. The maximum absolute atomic E-state index is 12.0. The van der Waals surface area contributed by atoms with E-state index in [4.69, 9.17) is 5.26 Å². The van der Waals surface area contributed by atoms with Gasteiger partial charge in [-0.15, -0.1) is 0 Å². The van der Waals surface area contributed by atoms with E-state index in [2.05, 4.69) is 11.4 Å². The summed E-state index contributed by atoms with van der Waals surface area (Å²) < 4.78 is 0. The van der Waals surface area contributed by atoms with Crippen LogP contribution in [0.4, 0.5) is 0 Å².